The minimum absolute atomic E-state index is 0.00953. The summed E-state index contributed by atoms with van der Waals surface area (Å²) in [7, 11) is 3.20. The molecule has 0 aromatic heterocycles. The molecule has 0 aliphatic heterocycles. The predicted molar refractivity (Wildman–Crippen MR) is 95.7 cm³/mol. The molecule has 24 heavy (non-hydrogen) atoms. The minimum atomic E-state index is -0.161. The molecule has 2 rings (SSSR count). The van der Waals surface area contributed by atoms with E-state index in [4.69, 9.17) is 21.1 Å². The van der Waals surface area contributed by atoms with Crippen molar-refractivity contribution in [3.63, 3.8) is 0 Å². The number of methoxy groups -OCH3 is 2. The predicted octanol–water partition coefficient (Wildman–Crippen LogP) is 3.85. The van der Waals surface area contributed by atoms with Gasteiger partial charge in [0.2, 0.25) is 5.91 Å². The second-order valence-electron chi connectivity index (χ2n) is 5.60. The van der Waals surface area contributed by atoms with Crippen LogP contribution >= 0.6 is 11.6 Å². The molecule has 0 saturated heterocycles. The van der Waals surface area contributed by atoms with E-state index in [1.165, 1.54) is 0 Å². The van der Waals surface area contributed by atoms with E-state index in [1.54, 1.807) is 14.2 Å². The van der Waals surface area contributed by atoms with Crippen LogP contribution in [0, 0.1) is 5.92 Å². The van der Waals surface area contributed by atoms with E-state index >= 15 is 0 Å². The second-order valence-corrected chi connectivity index (χ2v) is 6.01. The number of benzene rings is 2. The first-order valence-electron chi connectivity index (χ1n) is 7.77. The van der Waals surface area contributed by atoms with Crippen LogP contribution in [0.1, 0.15) is 18.1 Å². The molecule has 0 radical (unpaired) electrons. The van der Waals surface area contributed by atoms with Crippen molar-refractivity contribution in [3.05, 3.63) is 58.6 Å². The third-order valence-corrected chi connectivity index (χ3v) is 4.22. The fourth-order valence-corrected chi connectivity index (χ4v) is 2.65. The SMILES string of the molecule is COc1ccc(CC(C)C(=O)NCc2ccccc2Cl)cc1OC. The summed E-state index contributed by atoms with van der Waals surface area (Å²) in [5.41, 5.74) is 1.93. The second kappa shape index (κ2) is 8.60. The first-order valence-corrected chi connectivity index (χ1v) is 8.15. The van der Waals surface area contributed by atoms with Gasteiger partial charge in [0.25, 0.3) is 0 Å². The van der Waals surface area contributed by atoms with Crippen LogP contribution in [0.2, 0.25) is 5.02 Å². The molecular formula is C19H22ClNO3. The number of carbonyl (C=O) groups excluding carboxylic acids is 1. The highest BCUT2D eigenvalue weighted by Crippen LogP contribution is 2.28. The Bertz CT molecular complexity index is 703. The van der Waals surface area contributed by atoms with Gasteiger partial charge >= 0.3 is 0 Å². The number of rotatable bonds is 7. The fourth-order valence-electron chi connectivity index (χ4n) is 2.45. The van der Waals surface area contributed by atoms with Crippen LogP contribution in [0.5, 0.6) is 11.5 Å². The maximum atomic E-state index is 12.3. The number of carbonyl (C=O) groups is 1. The summed E-state index contributed by atoms with van der Waals surface area (Å²) in [6, 6.07) is 13.2. The first kappa shape index (κ1) is 18.1. The average Bonchev–Trinajstić information content (AvgIpc) is 2.60. The third-order valence-electron chi connectivity index (χ3n) is 3.85. The molecule has 1 N–H and O–H groups in total. The van der Waals surface area contributed by atoms with E-state index in [9.17, 15) is 4.79 Å². The molecule has 0 bridgehead atoms. The van der Waals surface area contributed by atoms with Gasteiger partial charge in [0, 0.05) is 17.5 Å². The van der Waals surface area contributed by atoms with E-state index in [0.717, 1.165) is 11.1 Å². The van der Waals surface area contributed by atoms with Gasteiger partial charge in [-0.3, -0.25) is 4.79 Å². The lowest BCUT2D eigenvalue weighted by Crippen LogP contribution is -2.29. The molecule has 0 aliphatic carbocycles. The zero-order valence-corrected chi connectivity index (χ0v) is 14.9. The van der Waals surface area contributed by atoms with Gasteiger partial charge in [0.15, 0.2) is 11.5 Å². The van der Waals surface area contributed by atoms with Crippen molar-refractivity contribution in [3.8, 4) is 11.5 Å². The Kier molecular flexibility index (Phi) is 6.50. The highest BCUT2D eigenvalue weighted by Gasteiger charge is 2.15. The summed E-state index contributed by atoms with van der Waals surface area (Å²) in [6.07, 6.45) is 0.620. The van der Waals surface area contributed by atoms with Crippen molar-refractivity contribution in [1.29, 1.82) is 0 Å². The van der Waals surface area contributed by atoms with Crippen LogP contribution in [0.3, 0.4) is 0 Å². The van der Waals surface area contributed by atoms with Crippen molar-refractivity contribution in [2.75, 3.05) is 14.2 Å². The van der Waals surface area contributed by atoms with Crippen LogP contribution in [-0.2, 0) is 17.8 Å². The lowest BCUT2D eigenvalue weighted by Gasteiger charge is -2.14. The van der Waals surface area contributed by atoms with Gasteiger partial charge in [-0.25, -0.2) is 0 Å². The van der Waals surface area contributed by atoms with Crippen LogP contribution < -0.4 is 14.8 Å². The smallest absolute Gasteiger partial charge is 0.223 e. The molecule has 5 heteroatoms. The van der Waals surface area contributed by atoms with Crippen LogP contribution in [0.15, 0.2) is 42.5 Å². The monoisotopic (exact) mass is 347 g/mol. The molecule has 4 nitrogen and oxygen atoms in total. The largest absolute Gasteiger partial charge is 0.493 e. The zero-order chi connectivity index (χ0) is 17.5. The van der Waals surface area contributed by atoms with Gasteiger partial charge in [0.1, 0.15) is 0 Å². The zero-order valence-electron chi connectivity index (χ0n) is 14.1. The summed E-state index contributed by atoms with van der Waals surface area (Å²) >= 11 is 6.10. The van der Waals surface area contributed by atoms with Gasteiger partial charge < -0.3 is 14.8 Å². The highest BCUT2D eigenvalue weighted by atomic mass is 35.5. The Morgan fingerprint density at radius 3 is 2.50 bits per heavy atom. The lowest BCUT2D eigenvalue weighted by atomic mass is 10.00. The Morgan fingerprint density at radius 2 is 1.83 bits per heavy atom. The topological polar surface area (TPSA) is 47.6 Å². The Morgan fingerprint density at radius 1 is 1.12 bits per heavy atom. The quantitative estimate of drug-likeness (QED) is 0.827. The van der Waals surface area contributed by atoms with Gasteiger partial charge in [-0.15, -0.1) is 0 Å². The normalized spacial score (nSPS) is 11.7. The number of halogens is 1. The molecule has 0 heterocycles. The lowest BCUT2D eigenvalue weighted by molar-refractivity contribution is -0.124. The van der Waals surface area contributed by atoms with E-state index in [1.807, 2.05) is 49.4 Å². The minimum Gasteiger partial charge on any atom is -0.493 e. The van der Waals surface area contributed by atoms with Gasteiger partial charge in [-0.2, -0.15) is 0 Å². The van der Waals surface area contributed by atoms with Crippen molar-refractivity contribution in [1.82, 2.24) is 5.32 Å². The number of hydrogen-bond acceptors (Lipinski definition) is 3. The first-order chi connectivity index (χ1) is 11.5. The van der Waals surface area contributed by atoms with Crippen LogP contribution in [-0.4, -0.2) is 20.1 Å². The molecule has 1 unspecified atom stereocenters. The van der Waals surface area contributed by atoms with E-state index in [-0.39, 0.29) is 11.8 Å². The third kappa shape index (κ3) is 4.65. The van der Waals surface area contributed by atoms with E-state index in [2.05, 4.69) is 5.32 Å². The number of nitrogens with one attached hydrogen (secondary N) is 1. The van der Waals surface area contributed by atoms with Gasteiger partial charge in [-0.05, 0) is 35.7 Å². The van der Waals surface area contributed by atoms with E-state index in [0.29, 0.717) is 29.5 Å². The van der Waals surface area contributed by atoms with Crippen molar-refractivity contribution in [2.45, 2.75) is 19.9 Å². The average molecular weight is 348 g/mol. The summed E-state index contributed by atoms with van der Waals surface area (Å²) in [4.78, 5) is 12.3. The molecule has 1 amide bonds. The van der Waals surface area contributed by atoms with Crippen LogP contribution in [0.4, 0.5) is 0 Å². The Labute approximate surface area is 147 Å². The molecule has 2 aromatic rings. The molecule has 2 aromatic carbocycles. The van der Waals surface area contributed by atoms with Gasteiger partial charge in [0.05, 0.1) is 14.2 Å². The van der Waals surface area contributed by atoms with Crippen molar-refractivity contribution < 1.29 is 14.3 Å². The molecule has 0 aliphatic rings. The fraction of sp³-hybridized carbons (Fsp3) is 0.316. The van der Waals surface area contributed by atoms with Crippen molar-refractivity contribution in [2.24, 2.45) is 5.92 Å². The number of amides is 1. The molecule has 0 spiro atoms. The number of ether oxygens (including phenoxy) is 2. The Hall–Kier alpha value is -2.20. The molecule has 0 saturated carbocycles. The maximum absolute atomic E-state index is 12.3. The van der Waals surface area contributed by atoms with Gasteiger partial charge in [-0.1, -0.05) is 42.8 Å². The maximum Gasteiger partial charge on any atom is 0.223 e. The van der Waals surface area contributed by atoms with E-state index < -0.39 is 0 Å². The Balaban J connectivity index is 1.95. The molecular weight excluding hydrogens is 326 g/mol. The molecule has 0 fully saturated rings. The molecule has 128 valence electrons. The van der Waals surface area contributed by atoms with Crippen LogP contribution in [0.25, 0.3) is 0 Å². The highest BCUT2D eigenvalue weighted by molar-refractivity contribution is 6.31. The standard InChI is InChI=1S/C19H22ClNO3/c1-13(10-14-8-9-17(23-2)18(11-14)24-3)19(22)21-12-15-6-4-5-7-16(15)20/h4-9,11,13H,10,12H2,1-3H3,(H,21,22). The summed E-state index contributed by atoms with van der Waals surface area (Å²) in [5.74, 6) is 1.17. The van der Waals surface area contributed by atoms with Crippen molar-refractivity contribution >= 4 is 17.5 Å². The summed E-state index contributed by atoms with van der Waals surface area (Å²) in [6.45, 7) is 2.33. The summed E-state index contributed by atoms with van der Waals surface area (Å²) < 4.78 is 10.5. The molecule has 1 atom stereocenters. The summed E-state index contributed by atoms with van der Waals surface area (Å²) in [5, 5.41) is 3.59. The number of hydrogen-bond donors (Lipinski definition) is 1.